The highest BCUT2D eigenvalue weighted by Crippen LogP contribution is 2.22. The zero-order valence-corrected chi connectivity index (χ0v) is 11.7. The predicted octanol–water partition coefficient (Wildman–Crippen LogP) is 0.742. The van der Waals surface area contributed by atoms with Crippen molar-refractivity contribution < 1.29 is 23.9 Å². The van der Waals surface area contributed by atoms with E-state index in [1.165, 1.54) is 0 Å². The Bertz CT molecular complexity index is 448. The minimum absolute atomic E-state index is 0.125. The molecule has 0 aromatic carbocycles. The van der Waals surface area contributed by atoms with Crippen LogP contribution in [0.1, 0.15) is 18.4 Å². The van der Waals surface area contributed by atoms with Crippen LogP contribution in [-0.2, 0) is 27.4 Å². The van der Waals surface area contributed by atoms with E-state index >= 15 is 0 Å². The highest BCUT2D eigenvalue weighted by Gasteiger charge is 2.37. The van der Waals surface area contributed by atoms with Crippen LogP contribution in [0.3, 0.4) is 0 Å². The van der Waals surface area contributed by atoms with Crippen molar-refractivity contribution in [2.24, 2.45) is 5.92 Å². The molecule has 2 unspecified atom stereocenters. The summed E-state index contributed by atoms with van der Waals surface area (Å²) in [5, 5.41) is 13.2. The van der Waals surface area contributed by atoms with Crippen LogP contribution in [0.25, 0.3) is 0 Å². The standard InChI is InChI=1S/C13H20N2O5/c1-3-15(12-8-19-7-11(12)13(16)17)5-9-4-10(6-18-2)20-14-9/h4,11-12H,3,5-8H2,1-2H3,(H,16,17). The average Bonchev–Trinajstić information content (AvgIpc) is 3.05. The van der Waals surface area contributed by atoms with Crippen LogP contribution in [0.5, 0.6) is 0 Å². The van der Waals surface area contributed by atoms with E-state index in [1.807, 2.05) is 13.0 Å². The van der Waals surface area contributed by atoms with Crippen molar-refractivity contribution in [3.05, 3.63) is 17.5 Å². The molecule has 1 aromatic rings. The highest BCUT2D eigenvalue weighted by molar-refractivity contribution is 5.71. The Morgan fingerprint density at radius 2 is 2.40 bits per heavy atom. The van der Waals surface area contributed by atoms with Crippen LogP contribution in [0.2, 0.25) is 0 Å². The van der Waals surface area contributed by atoms with Crippen molar-refractivity contribution in [1.82, 2.24) is 10.1 Å². The largest absolute Gasteiger partial charge is 0.481 e. The molecule has 20 heavy (non-hydrogen) atoms. The Labute approximate surface area is 117 Å². The fourth-order valence-electron chi connectivity index (χ4n) is 2.45. The number of carboxylic acid groups (broad SMARTS) is 1. The molecule has 1 aromatic heterocycles. The molecule has 112 valence electrons. The molecule has 1 saturated heterocycles. The van der Waals surface area contributed by atoms with Gasteiger partial charge in [-0.25, -0.2) is 0 Å². The smallest absolute Gasteiger partial charge is 0.310 e. The average molecular weight is 284 g/mol. The summed E-state index contributed by atoms with van der Waals surface area (Å²) in [5.74, 6) is -0.637. The third-order valence-corrected chi connectivity index (χ3v) is 3.50. The Kier molecular flexibility index (Phi) is 5.11. The number of carbonyl (C=O) groups is 1. The number of nitrogens with zero attached hydrogens (tertiary/aromatic N) is 2. The van der Waals surface area contributed by atoms with E-state index in [0.29, 0.717) is 25.5 Å². The molecule has 0 aliphatic carbocycles. The molecule has 0 amide bonds. The molecular formula is C13H20N2O5. The molecule has 2 atom stereocenters. The molecule has 1 aliphatic heterocycles. The molecule has 2 rings (SSSR count). The SMILES string of the molecule is CCN(Cc1cc(COC)on1)C1COCC1C(=O)O. The van der Waals surface area contributed by atoms with Crippen molar-refractivity contribution in [2.75, 3.05) is 26.9 Å². The summed E-state index contributed by atoms with van der Waals surface area (Å²) >= 11 is 0. The number of aliphatic carboxylic acids is 1. The summed E-state index contributed by atoms with van der Waals surface area (Å²) < 4.78 is 15.4. The quantitative estimate of drug-likeness (QED) is 0.790. The number of carboxylic acids is 1. The molecule has 7 nitrogen and oxygen atoms in total. The number of ether oxygens (including phenoxy) is 2. The maximum absolute atomic E-state index is 11.2. The van der Waals surface area contributed by atoms with Crippen molar-refractivity contribution in [1.29, 1.82) is 0 Å². The van der Waals surface area contributed by atoms with Gasteiger partial charge in [-0.15, -0.1) is 0 Å². The Morgan fingerprint density at radius 3 is 3.05 bits per heavy atom. The number of likely N-dealkylation sites (N-methyl/N-ethyl adjacent to an activating group) is 1. The molecule has 0 radical (unpaired) electrons. The molecule has 1 N–H and O–H groups in total. The lowest BCUT2D eigenvalue weighted by molar-refractivity contribution is -0.143. The highest BCUT2D eigenvalue weighted by atomic mass is 16.5. The minimum atomic E-state index is -0.814. The maximum atomic E-state index is 11.2. The molecule has 0 bridgehead atoms. The summed E-state index contributed by atoms with van der Waals surface area (Å²) in [6, 6.07) is 1.71. The topological polar surface area (TPSA) is 85.0 Å². The van der Waals surface area contributed by atoms with E-state index in [2.05, 4.69) is 10.1 Å². The van der Waals surface area contributed by atoms with Crippen molar-refractivity contribution in [3.63, 3.8) is 0 Å². The maximum Gasteiger partial charge on any atom is 0.310 e. The Balaban J connectivity index is 2.02. The van der Waals surface area contributed by atoms with Gasteiger partial charge < -0.3 is 19.1 Å². The number of methoxy groups -OCH3 is 1. The fraction of sp³-hybridized carbons (Fsp3) is 0.692. The number of hydrogen-bond donors (Lipinski definition) is 1. The van der Waals surface area contributed by atoms with Gasteiger partial charge >= 0.3 is 5.97 Å². The molecule has 0 spiro atoms. The van der Waals surface area contributed by atoms with Gasteiger partial charge in [-0.1, -0.05) is 12.1 Å². The van der Waals surface area contributed by atoms with E-state index in [4.69, 9.17) is 14.0 Å². The minimum Gasteiger partial charge on any atom is -0.481 e. The van der Waals surface area contributed by atoms with Gasteiger partial charge in [0.15, 0.2) is 5.76 Å². The first kappa shape index (κ1) is 15.0. The van der Waals surface area contributed by atoms with E-state index in [9.17, 15) is 9.90 Å². The van der Waals surface area contributed by atoms with Crippen LogP contribution >= 0.6 is 0 Å². The van der Waals surface area contributed by atoms with Crippen molar-refractivity contribution >= 4 is 5.97 Å². The van der Waals surface area contributed by atoms with Crippen LogP contribution in [0.15, 0.2) is 10.6 Å². The summed E-state index contributed by atoms with van der Waals surface area (Å²) in [4.78, 5) is 13.3. The van der Waals surface area contributed by atoms with Gasteiger partial charge in [0, 0.05) is 25.8 Å². The summed E-state index contributed by atoms with van der Waals surface area (Å²) in [5.41, 5.74) is 0.773. The number of hydrogen-bond acceptors (Lipinski definition) is 6. The monoisotopic (exact) mass is 284 g/mol. The van der Waals surface area contributed by atoms with Gasteiger partial charge in [-0.05, 0) is 6.54 Å². The number of rotatable bonds is 7. The second-order valence-corrected chi connectivity index (χ2v) is 4.83. The third kappa shape index (κ3) is 3.36. The Hall–Kier alpha value is -1.44. The molecule has 1 fully saturated rings. The van der Waals surface area contributed by atoms with Gasteiger partial charge in [0.1, 0.15) is 6.61 Å². The van der Waals surface area contributed by atoms with Crippen LogP contribution in [-0.4, -0.2) is 54.0 Å². The Morgan fingerprint density at radius 1 is 1.60 bits per heavy atom. The van der Waals surface area contributed by atoms with Gasteiger partial charge in [0.2, 0.25) is 0 Å². The molecule has 1 aliphatic rings. The normalized spacial score (nSPS) is 22.6. The predicted molar refractivity (Wildman–Crippen MR) is 69.0 cm³/mol. The lowest BCUT2D eigenvalue weighted by Gasteiger charge is -2.28. The summed E-state index contributed by atoms with van der Waals surface area (Å²) in [6.45, 7) is 4.35. The first-order valence-electron chi connectivity index (χ1n) is 6.63. The zero-order valence-electron chi connectivity index (χ0n) is 11.7. The van der Waals surface area contributed by atoms with E-state index in [0.717, 1.165) is 12.2 Å². The van der Waals surface area contributed by atoms with Crippen molar-refractivity contribution in [2.45, 2.75) is 26.1 Å². The molecule has 2 heterocycles. The van der Waals surface area contributed by atoms with Crippen LogP contribution < -0.4 is 0 Å². The first-order chi connectivity index (χ1) is 9.65. The van der Waals surface area contributed by atoms with Crippen LogP contribution in [0.4, 0.5) is 0 Å². The van der Waals surface area contributed by atoms with Gasteiger partial charge in [-0.3, -0.25) is 9.69 Å². The molecular weight excluding hydrogens is 264 g/mol. The van der Waals surface area contributed by atoms with E-state index < -0.39 is 11.9 Å². The summed E-state index contributed by atoms with van der Waals surface area (Å²) in [6.07, 6.45) is 0. The number of aromatic nitrogens is 1. The second-order valence-electron chi connectivity index (χ2n) is 4.83. The van der Waals surface area contributed by atoms with E-state index in [1.54, 1.807) is 7.11 Å². The van der Waals surface area contributed by atoms with Crippen LogP contribution in [0, 0.1) is 5.92 Å². The second kappa shape index (κ2) is 6.83. The zero-order chi connectivity index (χ0) is 14.5. The van der Waals surface area contributed by atoms with Gasteiger partial charge in [0.05, 0.1) is 24.8 Å². The fourth-order valence-corrected chi connectivity index (χ4v) is 2.45. The molecule has 7 heteroatoms. The first-order valence-corrected chi connectivity index (χ1v) is 6.63. The third-order valence-electron chi connectivity index (χ3n) is 3.50. The molecule has 0 saturated carbocycles. The van der Waals surface area contributed by atoms with Crippen molar-refractivity contribution in [3.8, 4) is 0 Å². The van der Waals surface area contributed by atoms with Gasteiger partial charge in [0.25, 0.3) is 0 Å². The van der Waals surface area contributed by atoms with E-state index in [-0.39, 0.29) is 12.6 Å². The lowest BCUT2D eigenvalue weighted by Crippen LogP contribution is -2.42. The van der Waals surface area contributed by atoms with Gasteiger partial charge in [-0.2, -0.15) is 0 Å². The summed E-state index contributed by atoms with van der Waals surface area (Å²) in [7, 11) is 1.59. The lowest BCUT2D eigenvalue weighted by atomic mass is 10.0.